The highest BCUT2D eigenvalue weighted by atomic mass is 32.1. The molecule has 9 heteroatoms. The number of hydrogen-bond acceptors (Lipinski definition) is 7. The zero-order chi connectivity index (χ0) is 13.0. The molecule has 0 bridgehead atoms. The first-order valence-electron chi connectivity index (χ1n) is 4.72. The van der Waals surface area contributed by atoms with Crippen LogP contribution in [0.5, 0.6) is 0 Å². The van der Waals surface area contributed by atoms with Gasteiger partial charge in [0.05, 0.1) is 4.92 Å². The third-order valence-corrected chi connectivity index (χ3v) is 2.33. The predicted octanol–water partition coefficient (Wildman–Crippen LogP) is 0.413. The van der Waals surface area contributed by atoms with Crippen LogP contribution in [0.3, 0.4) is 0 Å². The first kappa shape index (κ1) is 13.0. The fourth-order valence-corrected chi connectivity index (χ4v) is 1.48. The molecule has 1 rings (SSSR count). The van der Waals surface area contributed by atoms with Gasteiger partial charge in [-0.25, -0.2) is 4.98 Å². The molecule has 17 heavy (non-hydrogen) atoms. The van der Waals surface area contributed by atoms with E-state index in [-0.39, 0.29) is 22.8 Å². The maximum Gasteiger partial charge on any atom is 0.335 e. The summed E-state index contributed by atoms with van der Waals surface area (Å²) in [6.45, 7) is 0. The normalized spacial score (nSPS) is 10.1. The molecule has 1 aromatic rings. The summed E-state index contributed by atoms with van der Waals surface area (Å²) in [5.41, 5.74) is 4.19. The molecule has 8 nitrogen and oxygen atoms in total. The number of nitro groups is 1. The molecule has 1 heterocycles. The highest BCUT2D eigenvalue weighted by Gasteiger charge is 2.21. The Kier molecular flexibility index (Phi) is 4.10. The van der Waals surface area contributed by atoms with Crippen molar-refractivity contribution in [3.63, 3.8) is 0 Å². The van der Waals surface area contributed by atoms with Crippen LogP contribution in [0.4, 0.5) is 11.6 Å². The van der Waals surface area contributed by atoms with E-state index in [4.69, 9.17) is 11.1 Å². The van der Waals surface area contributed by atoms with Gasteiger partial charge in [-0.1, -0.05) is 12.2 Å². The van der Waals surface area contributed by atoms with Crippen molar-refractivity contribution in [2.24, 2.45) is 0 Å². The van der Waals surface area contributed by atoms with Gasteiger partial charge >= 0.3 is 5.69 Å². The number of nitrogens with zero attached hydrogens (tertiary/aromatic N) is 3. The van der Waals surface area contributed by atoms with E-state index in [9.17, 15) is 15.3 Å². The number of aromatic nitrogens is 2. The van der Waals surface area contributed by atoms with Gasteiger partial charge in [0, 0.05) is 0 Å². The summed E-state index contributed by atoms with van der Waals surface area (Å²) in [5, 5.41) is 29.0. The van der Waals surface area contributed by atoms with E-state index < -0.39 is 16.1 Å². The molecule has 0 spiro atoms. The van der Waals surface area contributed by atoms with Gasteiger partial charge in [-0.2, -0.15) is 0 Å². The first-order valence-corrected chi connectivity index (χ1v) is 5.19. The summed E-state index contributed by atoms with van der Waals surface area (Å²) in [4.78, 5) is 13.7. The smallest absolute Gasteiger partial charge is 0.335 e. The van der Waals surface area contributed by atoms with Gasteiger partial charge in [0.2, 0.25) is 11.4 Å². The van der Waals surface area contributed by atoms with Crippen LogP contribution in [0.25, 0.3) is 0 Å². The van der Waals surface area contributed by atoms with Crippen LogP contribution in [0.2, 0.25) is 0 Å². The maximum atomic E-state index is 10.8. The fraction of sp³-hybridized carbons (Fsp3) is 0.375. The molecule has 0 saturated heterocycles. The number of nitrogens with one attached hydrogen (secondary N) is 1. The lowest BCUT2D eigenvalue weighted by Crippen LogP contribution is -2.26. The van der Waals surface area contributed by atoms with E-state index in [0.717, 1.165) is 0 Å². The van der Waals surface area contributed by atoms with Crippen LogP contribution in [-0.4, -0.2) is 25.2 Å². The number of aryl methyl sites for hydroxylation is 1. The van der Waals surface area contributed by atoms with Crippen LogP contribution < -0.4 is 11.2 Å². The fourth-order valence-electron chi connectivity index (χ4n) is 1.31. The Hall–Kier alpha value is -2.03. The van der Waals surface area contributed by atoms with Crippen molar-refractivity contribution in [1.29, 1.82) is 5.41 Å². The summed E-state index contributed by atoms with van der Waals surface area (Å²) >= 11 is 4.64. The molecule has 0 fully saturated rings. The van der Waals surface area contributed by atoms with Crippen LogP contribution in [0.1, 0.15) is 18.5 Å². The van der Waals surface area contributed by atoms with Gasteiger partial charge in [0.1, 0.15) is 5.69 Å². The average molecular weight is 257 g/mol. The summed E-state index contributed by atoms with van der Waals surface area (Å²) in [6, 6.07) is 0. The Morgan fingerprint density at radius 2 is 2.35 bits per heavy atom. The molecule has 1 aromatic heterocycles. The van der Waals surface area contributed by atoms with Crippen molar-refractivity contribution < 1.29 is 10.1 Å². The molecule has 0 aromatic carbocycles. The number of thiocarbonyl (C=S) groups is 1. The molecule has 0 radical (unpaired) electrons. The van der Waals surface area contributed by atoms with Crippen molar-refractivity contribution in [3.05, 3.63) is 21.3 Å². The minimum absolute atomic E-state index is 0.0830. The van der Waals surface area contributed by atoms with Gasteiger partial charge in [-0.15, -0.1) is 4.73 Å². The molecule has 0 aliphatic heterocycles. The lowest BCUT2D eigenvalue weighted by molar-refractivity contribution is -0.388. The van der Waals surface area contributed by atoms with E-state index in [1.807, 2.05) is 0 Å². The van der Waals surface area contributed by atoms with E-state index >= 15 is 0 Å². The summed E-state index contributed by atoms with van der Waals surface area (Å²) < 4.78 is 0.181. The van der Waals surface area contributed by atoms with Crippen molar-refractivity contribution >= 4 is 29.2 Å². The van der Waals surface area contributed by atoms with Gasteiger partial charge in [-0.3, -0.25) is 15.5 Å². The quantitative estimate of drug-likeness (QED) is 0.230. The van der Waals surface area contributed by atoms with Crippen LogP contribution in [0, 0.1) is 15.5 Å². The summed E-state index contributed by atoms with van der Waals surface area (Å²) in [5.74, 6) is -0.349. The first-order chi connectivity index (χ1) is 7.99. The Labute approximate surface area is 101 Å². The van der Waals surface area contributed by atoms with E-state index in [1.54, 1.807) is 0 Å². The molecule has 0 aliphatic rings. The van der Waals surface area contributed by atoms with Gasteiger partial charge in [0.25, 0.3) is 0 Å². The predicted molar refractivity (Wildman–Crippen MR) is 62.9 cm³/mol. The summed E-state index contributed by atoms with van der Waals surface area (Å²) in [7, 11) is 0. The highest BCUT2D eigenvalue weighted by Crippen LogP contribution is 2.14. The van der Waals surface area contributed by atoms with Gasteiger partial charge < -0.3 is 10.9 Å². The lowest BCUT2D eigenvalue weighted by atomic mass is 10.2. The number of hydrogen-bond donors (Lipinski definition) is 3. The second kappa shape index (κ2) is 5.34. The SMILES string of the molecule is N=c1c([N+](=O)[O-])c(CCCC=S)nc(N)n1O. The van der Waals surface area contributed by atoms with Crippen LogP contribution >= 0.6 is 12.2 Å². The molecule has 4 N–H and O–H groups in total. The minimum Gasteiger partial charge on any atom is -0.423 e. The molecule has 0 atom stereocenters. The molecule has 0 saturated carbocycles. The van der Waals surface area contributed by atoms with Gasteiger partial charge in [0.15, 0.2) is 0 Å². The number of nitrogens with two attached hydrogens (primary N) is 1. The molecule has 0 unspecified atom stereocenters. The average Bonchev–Trinajstić information content (AvgIpc) is 2.26. The van der Waals surface area contributed by atoms with Crippen LogP contribution in [0.15, 0.2) is 0 Å². The van der Waals surface area contributed by atoms with Crippen molar-refractivity contribution in [3.8, 4) is 0 Å². The van der Waals surface area contributed by atoms with E-state index in [1.165, 1.54) is 5.37 Å². The Morgan fingerprint density at radius 1 is 1.71 bits per heavy atom. The van der Waals surface area contributed by atoms with Crippen molar-refractivity contribution in [2.45, 2.75) is 19.3 Å². The molecule has 92 valence electrons. The summed E-state index contributed by atoms with van der Waals surface area (Å²) in [6.07, 6.45) is 1.46. The second-order valence-electron chi connectivity index (χ2n) is 3.24. The maximum absolute atomic E-state index is 10.8. The zero-order valence-corrected chi connectivity index (χ0v) is 9.61. The molecular formula is C8H11N5O3S. The Bertz CT molecular complexity index is 513. The second-order valence-corrected chi connectivity index (χ2v) is 3.58. The number of rotatable bonds is 5. The Morgan fingerprint density at radius 3 is 2.88 bits per heavy atom. The third kappa shape index (κ3) is 2.75. The Balaban J connectivity index is 3.23. The van der Waals surface area contributed by atoms with E-state index in [0.29, 0.717) is 12.8 Å². The van der Waals surface area contributed by atoms with E-state index in [2.05, 4.69) is 17.2 Å². The number of anilines is 1. The van der Waals surface area contributed by atoms with Crippen molar-refractivity contribution in [1.82, 2.24) is 9.71 Å². The number of unbranched alkanes of at least 4 members (excludes halogenated alkanes) is 1. The van der Waals surface area contributed by atoms with Crippen LogP contribution in [-0.2, 0) is 6.42 Å². The molecular weight excluding hydrogens is 246 g/mol. The van der Waals surface area contributed by atoms with Gasteiger partial charge in [-0.05, 0) is 24.6 Å². The topological polar surface area (TPSA) is 131 Å². The highest BCUT2D eigenvalue weighted by molar-refractivity contribution is 7.78. The number of nitrogen functional groups attached to an aromatic ring is 1. The largest absolute Gasteiger partial charge is 0.423 e. The molecule has 0 amide bonds. The monoisotopic (exact) mass is 257 g/mol. The third-order valence-electron chi connectivity index (χ3n) is 2.09. The van der Waals surface area contributed by atoms with Crippen molar-refractivity contribution in [2.75, 3.05) is 5.73 Å². The minimum atomic E-state index is -0.756. The zero-order valence-electron chi connectivity index (χ0n) is 8.79. The lowest BCUT2D eigenvalue weighted by Gasteiger charge is -2.06. The standard InChI is InChI=1S/C8H11N5O3S/c9-7-6(13(15)16)5(3-1-2-4-17)11-8(10)12(7)14/h4,9,14H,1-3H2,(H2,10,11). The molecule has 0 aliphatic carbocycles.